The molecule has 0 radical (unpaired) electrons. The van der Waals surface area contributed by atoms with Crippen LogP contribution in [0.4, 0.5) is 0 Å². The first-order chi connectivity index (χ1) is 19.5. The molecule has 0 unspecified atom stereocenters. The van der Waals surface area contributed by atoms with Crippen molar-refractivity contribution in [1.29, 1.82) is 0 Å². The van der Waals surface area contributed by atoms with E-state index >= 15 is 0 Å². The Morgan fingerprint density at radius 1 is 0.429 bits per heavy atom. The maximum Gasteiger partial charge on any atom is 4.00 e. The second-order valence-electron chi connectivity index (χ2n) is 10.7. The van der Waals surface area contributed by atoms with Crippen molar-refractivity contribution < 1.29 is 47.0 Å². The Morgan fingerprint density at radius 3 is 0.976 bits per heavy atom. The molecule has 0 aliphatic rings. The fourth-order valence-electron chi connectivity index (χ4n) is 4.16. The van der Waals surface area contributed by atoms with E-state index in [9.17, 15) is 19.8 Å². The van der Waals surface area contributed by atoms with Crippen molar-refractivity contribution in [3.05, 3.63) is 48.6 Å². The maximum absolute atomic E-state index is 10.2. The van der Waals surface area contributed by atoms with Gasteiger partial charge in [-0.2, -0.15) is 0 Å². The summed E-state index contributed by atoms with van der Waals surface area (Å²) in [6, 6.07) is 0. The average molecular weight is 623 g/mol. The number of allylic oxidation sites excluding steroid dienone is 8. The van der Waals surface area contributed by atoms with Crippen molar-refractivity contribution in [1.82, 2.24) is 0 Å². The topological polar surface area (TPSA) is 109 Å². The van der Waals surface area contributed by atoms with Crippen molar-refractivity contribution in [2.24, 2.45) is 0 Å². The smallest absolute Gasteiger partial charge is 2.00 e. The monoisotopic (exact) mass is 622 g/mol. The Labute approximate surface area is 274 Å². The van der Waals surface area contributed by atoms with E-state index in [1.54, 1.807) is 0 Å². The van der Waals surface area contributed by atoms with E-state index in [-0.39, 0.29) is 40.0 Å². The summed E-state index contributed by atoms with van der Waals surface area (Å²) in [6.07, 6.45) is 43.9. The van der Waals surface area contributed by atoms with Crippen LogP contribution in [0.2, 0.25) is 0 Å². The van der Waals surface area contributed by atoms with Gasteiger partial charge in [0, 0.05) is 11.9 Å². The van der Waals surface area contributed by atoms with Gasteiger partial charge in [0.05, 0.1) is 0 Å². The summed E-state index contributed by atoms with van der Waals surface area (Å²) in [4.78, 5) is 20.4. The van der Waals surface area contributed by atoms with Gasteiger partial charge >= 0.3 is 21.7 Å². The zero-order chi connectivity index (χ0) is 29.8. The molecule has 0 heterocycles. The third-order valence-corrected chi connectivity index (χ3v) is 6.66. The van der Waals surface area contributed by atoms with Crippen molar-refractivity contribution in [2.45, 2.75) is 168 Å². The largest absolute Gasteiger partial charge is 4.00 e. The molecule has 0 aliphatic heterocycles. The van der Waals surface area contributed by atoms with Gasteiger partial charge in [0.1, 0.15) is 0 Å². The quantitative estimate of drug-likeness (QED) is 0.0493. The standard InChI is InChI=1S/2C18H32O2.O.Ti/c2*1-2-3-4-5-6-7-8-9-10-11-12-13-14-15-16-17-18(19)20;;/h2*6-7,9-10H,2-5,8,11-17H2,1H3,(H,19,20);;/q;;-2;+4/p-2/b2*7-6-,10-9-;;. The van der Waals surface area contributed by atoms with E-state index in [1.165, 1.54) is 77.0 Å². The van der Waals surface area contributed by atoms with E-state index in [4.69, 9.17) is 0 Å². The molecular formula is C36H62O5Ti. The number of carbonyl (C=O) groups excluding carboxylic acids is 2. The first-order valence-corrected chi connectivity index (χ1v) is 16.5. The van der Waals surface area contributed by atoms with Gasteiger partial charge in [-0.15, -0.1) is 0 Å². The second kappa shape index (κ2) is 44.0. The van der Waals surface area contributed by atoms with Crippen molar-refractivity contribution in [3.8, 4) is 0 Å². The Morgan fingerprint density at radius 2 is 0.690 bits per heavy atom. The van der Waals surface area contributed by atoms with Gasteiger partial charge in [0.2, 0.25) is 0 Å². The number of carboxylic acid groups (broad SMARTS) is 2. The van der Waals surface area contributed by atoms with Crippen LogP contribution in [0, 0.1) is 0 Å². The van der Waals surface area contributed by atoms with E-state index in [2.05, 4.69) is 62.5 Å². The van der Waals surface area contributed by atoms with E-state index < -0.39 is 11.9 Å². The number of hydrogen-bond donors (Lipinski definition) is 0. The predicted octanol–water partition coefficient (Wildman–Crippen LogP) is 8.98. The molecule has 0 fully saturated rings. The van der Waals surface area contributed by atoms with Crippen LogP contribution < -0.4 is 10.2 Å². The number of unbranched alkanes of at least 4 members (excludes halogenated alkanes) is 16. The molecule has 0 saturated heterocycles. The molecule has 0 bridgehead atoms. The van der Waals surface area contributed by atoms with Crippen molar-refractivity contribution in [2.75, 3.05) is 0 Å². The van der Waals surface area contributed by atoms with Crippen LogP contribution >= 0.6 is 0 Å². The van der Waals surface area contributed by atoms with E-state index in [1.807, 2.05) is 0 Å². The molecule has 240 valence electrons. The molecule has 0 aromatic heterocycles. The molecule has 0 aliphatic carbocycles. The molecule has 6 heteroatoms. The number of hydrogen-bond acceptors (Lipinski definition) is 4. The van der Waals surface area contributed by atoms with Gasteiger partial charge in [-0.05, 0) is 89.9 Å². The van der Waals surface area contributed by atoms with Crippen molar-refractivity contribution >= 4 is 11.9 Å². The Kier molecular flexibility index (Phi) is 49.8. The normalized spacial score (nSPS) is 11.1. The van der Waals surface area contributed by atoms with Crippen LogP contribution in [0.3, 0.4) is 0 Å². The molecule has 0 rings (SSSR count). The first kappa shape index (κ1) is 47.5. The van der Waals surface area contributed by atoms with Crippen LogP contribution in [0.5, 0.6) is 0 Å². The first-order valence-electron chi connectivity index (χ1n) is 16.5. The second-order valence-corrected chi connectivity index (χ2v) is 10.7. The minimum atomic E-state index is -0.921. The summed E-state index contributed by atoms with van der Waals surface area (Å²) in [5.74, 6) is -1.84. The number of rotatable bonds is 28. The minimum Gasteiger partial charge on any atom is -2.00 e. The SMILES string of the molecule is CCCCC/C=C\C/C=C\CCCCCCCC(=O)[O-].CCCCC/C=C\C/C=C\CCCCCCCC(=O)[O-].[O-2].[Ti+4]. The Bertz CT molecular complexity index is 599. The van der Waals surface area contributed by atoms with Crippen LogP contribution in [-0.2, 0) is 36.8 Å². The fraction of sp³-hybridized carbons (Fsp3) is 0.722. The van der Waals surface area contributed by atoms with Crippen LogP contribution in [0.25, 0.3) is 0 Å². The molecule has 0 spiro atoms. The summed E-state index contributed by atoms with van der Waals surface area (Å²) in [5.41, 5.74) is 0. The zero-order valence-corrected chi connectivity index (χ0v) is 28.7. The third-order valence-electron chi connectivity index (χ3n) is 6.66. The summed E-state index contributed by atoms with van der Waals surface area (Å²) in [7, 11) is 0. The summed E-state index contributed by atoms with van der Waals surface area (Å²) in [6.45, 7) is 4.46. The van der Waals surface area contributed by atoms with E-state index in [0.717, 1.165) is 64.2 Å². The zero-order valence-electron chi connectivity index (χ0n) is 27.1. The molecule has 0 atom stereocenters. The van der Waals surface area contributed by atoms with Gasteiger partial charge in [-0.1, -0.05) is 127 Å². The number of carbonyl (C=O) groups is 2. The number of aliphatic carboxylic acids is 2. The number of carboxylic acids is 2. The van der Waals surface area contributed by atoms with Gasteiger partial charge in [0.15, 0.2) is 0 Å². The van der Waals surface area contributed by atoms with Crippen LogP contribution in [0.15, 0.2) is 48.6 Å². The van der Waals surface area contributed by atoms with Gasteiger partial charge < -0.3 is 25.3 Å². The summed E-state index contributed by atoms with van der Waals surface area (Å²) >= 11 is 0. The predicted molar refractivity (Wildman–Crippen MR) is 169 cm³/mol. The van der Waals surface area contributed by atoms with Gasteiger partial charge in [-0.25, -0.2) is 0 Å². The average Bonchev–Trinajstić information content (AvgIpc) is 2.93. The van der Waals surface area contributed by atoms with Crippen LogP contribution in [0.1, 0.15) is 168 Å². The molecule has 0 saturated carbocycles. The molecule has 5 nitrogen and oxygen atoms in total. The van der Waals surface area contributed by atoms with Crippen LogP contribution in [-0.4, -0.2) is 11.9 Å². The molecular weight excluding hydrogens is 560 g/mol. The Balaban J connectivity index is -0.000000328. The molecule has 0 N–H and O–H groups in total. The Hall–Kier alpha value is -1.43. The molecule has 0 amide bonds. The van der Waals surface area contributed by atoms with E-state index in [0.29, 0.717) is 0 Å². The molecule has 0 aromatic rings. The summed E-state index contributed by atoms with van der Waals surface area (Å²) < 4.78 is 0. The van der Waals surface area contributed by atoms with Crippen molar-refractivity contribution in [3.63, 3.8) is 0 Å². The third kappa shape index (κ3) is 51.3. The van der Waals surface area contributed by atoms with Gasteiger partial charge in [-0.3, -0.25) is 0 Å². The molecule has 0 aromatic carbocycles. The fourth-order valence-corrected chi connectivity index (χ4v) is 4.16. The van der Waals surface area contributed by atoms with Gasteiger partial charge in [0.25, 0.3) is 0 Å². The summed E-state index contributed by atoms with van der Waals surface area (Å²) in [5, 5.41) is 20.4. The minimum absolute atomic E-state index is 0. The maximum atomic E-state index is 10.2. The molecule has 42 heavy (non-hydrogen) atoms.